The molecule has 0 spiro atoms. The van der Waals surface area contributed by atoms with Crippen LogP contribution in [0, 0.1) is 5.41 Å². The van der Waals surface area contributed by atoms with E-state index in [0.717, 1.165) is 25.2 Å². The molecule has 2 nitrogen and oxygen atoms in total. The van der Waals surface area contributed by atoms with Gasteiger partial charge in [0.25, 0.3) is 0 Å². The Morgan fingerprint density at radius 2 is 1.77 bits per heavy atom. The summed E-state index contributed by atoms with van der Waals surface area (Å²) in [6.07, 6.45) is 3.41. The van der Waals surface area contributed by atoms with Crippen molar-refractivity contribution in [2.45, 2.75) is 27.7 Å². The van der Waals surface area contributed by atoms with Crippen molar-refractivity contribution in [3.05, 3.63) is 39.9 Å². The molecule has 1 aromatic carbocycles. The summed E-state index contributed by atoms with van der Waals surface area (Å²) < 4.78 is 0. The van der Waals surface area contributed by atoms with Gasteiger partial charge < -0.3 is 4.90 Å². The fraction of sp³-hybridized carbons (Fsp3) is 0.471. The first-order valence-corrected chi connectivity index (χ1v) is 7.95. The maximum atomic E-state index is 12.4. The Bertz CT molecular complexity index is 525. The predicted octanol–water partition coefficient (Wildman–Crippen LogP) is 5.52. The van der Waals surface area contributed by atoms with E-state index in [0.29, 0.717) is 10.0 Å². The number of allylic oxidation sites excluding steroid dienone is 1. The number of ketones is 1. The number of carbonyl (C=O) groups is 1. The van der Waals surface area contributed by atoms with Crippen LogP contribution in [0.3, 0.4) is 0 Å². The average molecular weight is 409 g/mol. The summed E-state index contributed by atoms with van der Waals surface area (Å²) in [5.41, 5.74) is 0.468. The normalized spacial score (nSPS) is 11.8. The second-order valence-corrected chi connectivity index (χ2v) is 6.53. The molecule has 0 unspecified atom stereocenters. The zero-order chi connectivity index (χ0) is 16.0. The van der Waals surface area contributed by atoms with Crippen molar-refractivity contribution in [1.29, 1.82) is 0 Å². The lowest BCUT2D eigenvalue weighted by atomic mass is 9.87. The van der Waals surface area contributed by atoms with Crippen molar-refractivity contribution in [3.8, 4) is 0 Å². The first-order valence-electron chi connectivity index (χ1n) is 7.20. The van der Waals surface area contributed by atoms with E-state index < -0.39 is 5.41 Å². The average Bonchev–Trinajstić information content (AvgIpc) is 2.45. The van der Waals surface area contributed by atoms with Crippen LogP contribution in [0.1, 0.15) is 33.3 Å². The van der Waals surface area contributed by atoms with Crippen LogP contribution in [0.2, 0.25) is 10.0 Å². The van der Waals surface area contributed by atoms with E-state index in [1.807, 2.05) is 19.9 Å². The SMILES string of the molecule is Br.CCN(CC)CC(C)(C)C(=O)/C=C/c1ccc(Cl)c(Cl)c1. The van der Waals surface area contributed by atoms with Gasteiger partial charge in [-0.05, 0) is 36.9 Å². The maximum Gasteiger partial charge on any atom is 0.162 e. The molecule has 0 fully saturated rings. The third-order valence-corrected chi connectivity index (χ3v) is 4.29. The summed E-state index contributed by atoms with van der Waals surface area (Å²) in [5, 5.41) is 1.01. The topological polar surface area (TPSA) is 20.3 Å². The highest BCUT2D eigenvalue weighted by atomic mass is 79.9. The number of rotatable bonds is 7. The molecule has 0 radical (unpaired) electrons. The van der Waals surface area contributed by atoms with E-state index in [2.05, 4.69) is 18.7 Å². The largest absolute Gasteiger partial charge is 0.303 e. The van der Waals surface area contributed by atoms with Gasteiger partial charge in [-0.15, -0.1) is 17.0 Å². The van der Waals surface area contributed by atoms with Crippen LogP contribution in [0.5, 0.6) is 0 Å². The molecule has 0 N–H and O–H groups in total. The number of halogens is 3. The van der Waals surface area contributed by atoms with Crippen molar-refractivity contribution >= 4 is 52.0 Å². The molecule has 0 atom stereocenters. The molecule has 0 aromatic heterocycles. The maximum absolute atomic E-state index is 12.4. The van der Waals surface area contributed by atoms with E-state index in [-0.39, 0.29) is 22.8 Å². The zero-order valence-electron chi connectivity index (χ0n) is 13.5. The van der Waals surface area contributed by atoms with Gasteiger partial charge in [0.1, 0.15) is 0 Å². The van der Waals surface area contributed by atoms with Gasteiger partial charge in [-0.2, -0.15) is 0 Å². The number of carbonyl (C=O) groups excluding carboxylic acids is 1. The Morgan fingerprint density at radius 1 is 1.18 bits per heavy atom. The molecule has 124 valence electrons. The zero-order valence-corrected chi connectivity index (χ0v) is 16.8. The third kappa shape index (κ3) is 6.41. The van der Waals surface area contributed by atoms with E-state index in [9.17, 15) is 4.79 Å². The minimum absolute atomic E-state index is 0. The highest BCUT2D eigenvalue weighted by Crippen LogP contribution is 2.24. The molecule has 0 aliphatic heterocycles. The Labute approximate surface area is 154 Å². The summed E-state index contributed by atoms with van der Waals surface area (Å²) in [5.74, 6) is 0.112. The molecule has 0 saturated heterocycles. The van der Waals surface area contributed by atoms with Crippen molar-refractivity contribution in [3.63, 3.8) is 0 Å². The van der Waals surface area contributed by atoms with E-state index in [1.165, 1.54) is 0 Å². The lowest BCUT2D eigenvalue weighted by Crippen LogP contribution is -2.38. The molecular formula is C17H24BrCl2NO. The van der Waals surface area contributed by atoms with Crippen LogP contribution in [0.25, 0.3) is 6.08 Å². The lowest BCUT2D eigenvalue weighted by molar-refractivity contribution is -0.123. The summed E-state index contributed by atoms with van der Waals surface area (Å²) >= 11 is 11.8. The van der Waals surface area contributed by atoms with Gasteiger partial charge in [-0.3, -0.25) is 4.79 Å². The number of hydrogen-bond acceptors (Lipinski definition) is 2. The number of hydrogen-bond donors (Lipinski definition) is 0. The van der Waals surface area contributed by atoms with Gasteiger partial charge in [0.2, 0.25) is 0 Å². The highest BCUT2D eigenvalue weighted by molar-refractivity contribution is 8.93. The van der Waals surface area contributed by atoms with Crippen LogP contribution in [-0.2, 0) is 4.79 Å². The quantitative estimate of drug-likeness (QED) is 0.553. The fourth-order valence-corrected chi connectivity index (χ4v) is 2.40. The molecule has 0 heterocycles. The van der Waals surface area contributed by atoms with Gasteiger partial charge in [0, 0.05) is 12.0 Å². The standard InChI is InChI=1S/C17H23Cl2NO.BrH/c1-5-20(6-2)12-17(3,4)16(21)10-8-13-7-9-14(18)15(19)11-13;/h7-11H,5-6,12H2,1-4H3;1H/b10-8+;. The van der Waals surface area contributed by atoms with Crippen molar-refractivity contribution < 1.29 is 4.79 Å². The van der Waals surface area contributed by atoms with Crippen molar-refractivity contribution in [2.24, 2.45) is 5.41 Å². The van der Waals surface area contributed by atoms with Crippen LogP contribution in [-0.4, -0.2) is 30.3 Å². The van der Waals surface area contributed by atoms with Gasteiger partial charge in [-0.25, -0.2) is 0 Å². The number of nitrogens with zero attached hydrogens (tertiary/aromatic N) is 1. The second-order valence-electron chi connectivity index (χ2n) is 5.72. The smallest absolute Gasteiger partial charge is 0.162 e. The van der Waals surface area contributed by atoms with Crippen molar-refractivity contribution in [2.75, 3.05) is 19.6 Å². The summed E-state index contributed by atoms with van der Waals surface area (Å²) in [6, 6.07) is 5.33. The van der Waals surface area contributed by atoms with Crippen molar-refractivity contribution in [1.82, 2.24) is 4.90 Å². The molecule has 1 aromatic rings. The van der Waals surface area contributed by atoms with E-state index in [4.69, 9.17) is 23.2 Å². The first kappa shape index (κ1) is 21.6. The summed E-state index contributed by atoms with van der Waals surface area (Å²) in [4.78, 5) is 14.6. The minimum atomic E-state index is -0.404. The third-order valence-electron chi connectivity index (χ3n) is 3.55. The Morgan fingerprint density at radius 3 is 2.27 bits per heavy atom. The summed E-state index contributed by atoms with van der Waals surface area (Å²) in [6.45, 7) is 10.8. The molecular weight excluding hydrogens is 385 g/mol. The lowest BCUT2D eigenvalue weighted by Gasteiger charge is -2.29. The predicted molar refractivity (Wildman–Crippen MR) is 102 cm³/mol. The molecule has 0 saturated carbocycles. The van der Waals surface area contributed by atoms with Gasteiger partial charge >= 0.3 is 0 Å². The van der Waals surface area contributed by atoms with E-state index in [1.54, 1.807) is 24.3 Å². The molecule has 1 rings (SSSR count). The molecule has 0 aliphatic carbocycles. The fourth-order valence-electron chi connectivity index (χ4n) is 2.10. The van der Waals surface area contributed by atoms with Crippen LogP contribution >= 0.6 is 40.2 Å². The highest BCUT2D eigenvalue weighted by Gasteiger charge is 2.27. The van der Waals surface area contributed by atoms with Gasteiger partial charge in [0.15, 0.2) is 5.78 Å². The van der Waals surface area contributed by atoms with Crippen LogP contribution < -0.4 is 0 Å². The van der Waals surface area contributed by atoms with Gasteiger partial charge in [-0.1, -0.05) is 63.0 Å². The minimum Gasteiger partial charge on any atom is -0.303 e. The molecule has 0 bridgehead atoms. The van der Waals surface area contributed by atoms with E-state index >= 15 is 0 Å². The number of benzene rings is 1. The van der Waals surface area contributed by atoms with Crippen LogP contribution in [0.15, 0.2) is 24.3 Å². The van der Waals surface area contributed by atoms with Crippen LogP contribution in [0.4, 0.5) is 0 Å². The Hall–Kier alpha value is -0.350. The monoisotopic (exact) mass is 407 g/mol. The molecule has 5 heteroatoms. The Balaban J connectivity index is 0.00000441. The first-order chi connectivity index (χ1) is 9.80. The Kier molecular flexibility index (Phi) is 9.56. The molecule has 0 amide bonds. The summed E-state index contributed by atoms with van der Waals surface area (Å²) in [7, 11) is 0. The second kappa shape index (κ2) is 9.71. The van der Waals surface area contributed by atoms with Gasteiger partial charge in [0.05, 0.1) is 10.0 Å². The molecule has 22 heavy (non-hydrogen) atoms. The molecule has 0 aliphatic rings.